The van der Waals surface area contributed by atoms with Crippen LogP contribution in [-0.4, -0.2) is 47.9 Å². The summed E-state index contributed by atoms with van der Waals surface area (Å²) >= 11 is 22.7. The minimum atomic E-state index is -0.0125. The van der Waals surface area contributed by atoms with Crippen molar-refractivity contribution < 1.29 is 9.59 Å². The Labute approximate surface area is 498 Å². The summed E-state index contributed by atoms with van der Waals surface area (Å²) in [7, 11) is 0. The first kappa shape index (κ1) is 67.1. The molecule has 4 rings (SSSR count). The molecule has 0 saturated carbocycles. The minimum absolute atomic E-state index is 0.0125. The molecule has 0 saturated heterocycles. The molecule has 2 N–H and O–H groups in total. The second-order valence-corrected chi connectivity index (χ2v) is 33.7. The molecule has 0 spiro atoms. The fourth-order valence-electron chi connectivity index (χ4n) is 8.22. The molecule has 16 heteroatoms. The van der Waals surface area contributed by atoms with Crippen LogP contribution in [0.15, 0.2) is 54.5 Å². The fraction of sp³-hybridized carbons (Fsp3) is 0.754. The number of hydrogen-bond donors (Lipinski definition) is 2. The van der Waals surface area contributed by atoms with E-state index in [1.54, 1.807) is 47.0 Å². The monoisotopic (exact) mass is 1220 g/mol. The lowest BCUT2D eigenvalue weighted by Gasteiger charge is -2.08. The number of amides is 2. The molecule has 4 aliphatic heterocycles. The zero-order valence-corrected chi connectivity index (χ0v) is 55.2. The molecule has 0 aromatic carbocycles. The number of thioether (sulfide) groups is 12. The average molecular weight is 1220 g/mol. The van der Waals surface area contributed by atoms with Crippen LogP contribution in [0.3, 0.4) is 0 Å². The summed E-state index contributed by atoms with van der Waals surface area (Å²) in [6, 6.07) is 0. The van der Waals surface area contributed by atoms with Crippen LogP contribution in [0.1, 0.15) is 240 Å². The van der Waals surface area contributed by atoms with Gasteiger partial charge in [0.05, 0.1) is 43.7 Å². The van der Waals surface area contributed by atoms with Crippen molar-refractivity contribution in [1.82, 2.24) is 10.6 Å². The first-order valence-electron chi connectivity index (χ1n) is 28.8. The van der Waals surface area contributed by atoms with E-state index < -0.39 is 0 Å². The fourth-order valence-corrected chi connectivity index (χ4v) is 25.2. The first-order valence-corrected chi connectivity index (χ1v) is 39.4. The highest BCUT2D eigenvalue weighted by Gasteiger charge is 2.31. The minimum Gasteiger partial charge on any atom is -0.351 e. The molecule has 0 aliphatic carbocycles. The molecule has 4 heterocycles. The van der Waals surface area contributed by atoms with Gasteiger partial charge >= 0.3 is 0 Å². The molecule has 0 radical (unpaired) electrons. The molecule has 4 nitrogen and oxygen atoms in total. The van der Waals surface area contributed by atoms with Crippen molar-refractivity contribution in [2.24, 2.45) is 0 Å². The van der Waals surface area contributed by atoms with Crippen LogP contribution in [0, 0.1) is 0 Å². The predicted molar refractivity (Wildman–Crippen MR) is 356 cm³/mol. The summed E-state index contributed by atoms with van der Waals surface area (Å²) in [6.45, 7) is 10.2. The zero-order chi connectivity index (χ0) is 51.8. The van der Waals surface area contributed by atoms with Gasteiger partial charge in [-0.05, 0) is 65.9 Å². The SMILES string of the molecule is CCCCCCCCCCSC1=C(SCCCCCCCCCC)SC(=C2SC=C(C(=O)NCCCNC(=O)C3=CSC(=C4SC(SCCCCCCCCCC)=C(SCCCCCCCCCC)S4)S3)S2)S1. The molecule has 2 amide bonds. The first-order chi connectivity index (χ1) is 36.0. The predicted octanol–water partition coefficient (Wildman–Crippen LogP) is 23.2. The van der Waals surface area contributed by atoms with Crippen molar-refractivity contribution in [2.75, 3.05) is 36.1 Å². The number of unbranched alkanes of at least 4 members (excludes halogenated alkanes) is 28. The van der Waals surface area contributed by atoms with Gasteiger partial charge in [-0.2, -0.15) is 0 Å². The molecule has 0 aromatic rings. The molecule has 0 unspecified atom stereocenters. The summed E-state index contributed by atoms with van der Waals surface area (Å²) < 4.78 is 11.1. The summed E-state index contributed by atoms with van der Waals surface area (Å²) in [5.74, 6) is 4.75. The standard InChI is InChI=1S/C57H94N2O2S12/c1-5-9-13-17-21-25-29-33-40-62-50-51(63-41-34-30-26-22-18-14-10-6-2)71-56(70-50)54-66-44-46(68-54)48(60)58-38-37-39-59-49(61)47-45-67-55(69-47)57-72-52(64-42-35-31-27-23-19-15-11-7-3)53(73-57)65-43-36-32-28-24-20-16-12-8-4/h44-45H,5-43H2,1-4H3,(H,58,60)(H,59,61). The van der Waals surface area contributed by atoms with E-state index in [1.807, 2.05) is 57.9 Å². The maximum absolute atomic E-state index is 13.3. The van der Waals surface area contributed by atoms with E-state index in [9.17, 15) is 9.59 Å². The zero-order valence-electron chi connectivity index (χ0n) is 45.4. The topological polar surface area (TPSA) is 58.2 Å². The van der Waals surface area contributed by atoms with Crippen LogP contribution in [-0.2, 0) is 9.59 Å². The Balaban J connectivity index is 1.16. The highest BCUT2D eigenvalue weighted by Crippen LogP contribution is 2.64. The summed E-state index contributed by atoms with van der Waals surface area (Å²) in [5, 5.41) is 10.3. The molecular formula is C57H94N2O2S12. The number of hydrogen-bond acceptors (Lipinski definition) is 14. The Morgan fingerprint density at radius 1 is 0.329 bits per heavy atom. The van der Waals surface area contributed by atoms with Crippen LogP contribution in [0.25, 0.3) is 0 Å². The van der Waals surface area contributed by atoms with Gasteiger partial charge in [0.15, 0.2) is 0 Å². The van der Waals surface area contributed by atoms with Crippen molar-refractivity contribution in [3.05, 3.63) is 54.5 Å². The summed E-state index contributed by atoms with van der Waals surface area (Å²) in [5.41, 5.74) is 0. The van der Waals surface area contributed by atoms with Gasteiger partial charge in [-0.15, -0.1) is 47.0 Å². The number of carbonyl (C=O) groups excluding carboxylic acids is 2. The molecular weight excluding hydrogens is 1130 g/mol. The molecule has 416 valence electrons. The lowest BCUT2D eigenvalue weighted by molar-refractivity contribution is -0.117. The van der Waals surface area contributed by atoms with Crippen molar-refractivity contribution in [2.45, 2.75) is 240 Å². The quantitative estimate of drug-likeness (QED) is 0.0569. The Morgan fingerprint density at radius 3 is 0.836 bits per heavy atom. The van der Waals surface area contributed by atoms with E-state index in [2.05, 4.69) is 85.4 Å². The molecule has 0 aromatic heterocycles. The largest absolute Gasteiger partial charge is 0.351 e. The smallest absolute Gasteiger partial charge is 0.258 e. The number of nitrogens with one attached hydrogen (secondary N) is 2. The van der Waals surface area contributed by atoms with Crippen molar-refractivity contribution in [3.8, 4) is 0 Å². The molecule has 0 atom stereocenters. The van der Waals surface area contributed by atoms with Gasteiger partial charge in [-0.3, -0.25) is 9.59 Å². The van der Waals surface area contributed by atoms with Crippen LogP contribution < -0.4 is 10.6 Å². The van der Waals surface area contributed by atoms with Crippen molar-refractivity contribution in [3.63, 3.8) is 0 Å². The molecule has 0 bridgehead atoms. The molecule has 0 fully saturated rings. The second-order valence-electron chi connectivity index (χ2n) is 19.3. The molecule has 4 aliphatic rings. The lowest BCUT2D eigenvalue weighted by Crippen LogP contribution is -2.30. The Morgan fingerprint density at radius 2 is 0.575 bits per heavy atom. The van der Waals surface area contributed by atoms with Gasteiger partial charge in [0.1, 0.15) is 0 Å². The van der Waals surface area contributed by atoms with Gasteiger partial charge in [0.25, 0.3) is 11.8 Å². The van der Waals surface area contributed by atoms with Crippen molar-refractivity contribution in [1.29, 1.82) is 0 Å². The van der Waals surface area contributed by atoms with Crippen LogP contribution in [0.4, 0.5) is 0 Å². The van der Waals surface area contributed by atoms with Crippen LogP contribution in [0.5, 0.6) is 0 Å². The highest BCUT2D eigenvalue weighted by molar-refractivity contribution is 8.43. The summed E-state index contributed by atoms with van der Waals surface area (Å²) in [6.07, 6.45) is 44.1. The van der Waals surface area contributed by atoms with Gasteiger partial charge < -0.3 is 10.6 Å². The third-order valence-corrected chi connectivity index (χ3v) is 29.8. The average Bonchev–Trinajstić information content (AvgIpc) is 4.24. The highest BCUT2D eigenvalue weighted by atomic mass is 32.3. The Hall–Kier alpha value is 1.58. The van der Waals surface area contributed by atoms with E-state index >= 15 is 0 Å². The summed E-state index contributed by atoms with van der Waals surface area (Å²) in [4.78, 5) is 28.2. The van der Waals surface area contributed by atoms with Crippen LogP contribution in [0.2, 0.25) is 0 Å². The van der Waals surface area contributed by atoms with Crippen molar-refractivity contribution >= 4 is 153 Å². The van der Waals surface area contributed by atoms with E-state index in [0.717, 1.165) is 9.81 Å². The second kappa shape index (κ2) is 45.2. The third-order valence-electron chi connectivity index (χ3n) is 12.7. The van der Waals surface area contributed by atoms with E-state index in [-0.39, 0.29) is 11.8 Å². The lowest BCUT2D eigenvalue weighted by atomic mass is 10.1. The Kier molecular flexibility index (Phi) is 41.6. The normalized spacial score (nSPS) is 16.0. The van der Waals surface area contributed by atoms with E-state index in [4.69, 9.17) is 0 Å². The van der Waals surface area contributed by atoms with E-state index in [1.165, 1.54) is 262 Å². The van der Waals surface area contributed by atoms with Gasteiger partial charge in [-0.25, -0.2) is 0 Å². The van der Waals surface area contributed by atoms with Gasteiger partial charge in [0.2, 0.25) is 0 Å². The molecule has 73 heavy (non-hydrogen) atoms. The van der Waals surface area contributed by atoms with Gasteiger partial charge in [-0.1, -0.05) is 302 Å². The van der Waals surface area contributed by atoms with E-state index in [0.29, 0.717) is 19.5 Å². The Bertz CT molecular complexity index is 1570. The number of carbonyl (C=O) groups is 2. The maximum atomic E-state index is 13.3. The number of rotatable bonds is 46. The third kappa shape index (κ3) is 30.3. The van der Waals surface area contributed by atoms with Crippen LogP contribution >= 0.6 is 141 Å². The maximum Gasteiger partial charge on any atom is 0.258 e. The van der Waals surface area contributed by atoms with Gasteiger partial charge in [0, 0.05) is 13.1 Å².